The number of aromatic carboxylic acids is 1. The average Bonchev–Trinajstić information content (AvgIpc) is 2.93. The molecule has 1 aromatic heterocycles. The molecule has 0 unspecified atom stereocenters. The SMILES string of the molecule is Cc1nc(C(=O)O)ccc1-c1cc(C(F)(F)F)cc2c1C=NC2. The molecule has 2 heterocycles. The molecule has 7 heteroatoms. The van der Waals surface area contributed by atoms with Gasteiger partial charge in [0.05, 0.1) is 12.1 Å². The summed E-state index contributed by atoms with van der Waals surface area (Å²) in [6, 6.07) is 4.91. The third-order valence-corrected chi connectivity index (χ3v) is 3.67. The number of pyridine rings is 1. The van der Waals surface area contributed by atoms with E-state index in [1.54, 1.807) is 6.92 Å². The number of halogens is 3. The third kappa shape index (κ3) is 2.69. The van der Waals surface area contributed by atoms with Gasteiger partial charge in [-0.05, 0) is 36.2 Å². The Morgan fingerprint density at radius 1 is 1.22 bits per heavy atom. The van der Waals surface area contributed by atoms with Crippen molar-refractivity contribution < 1.29 is 23.1 Å². The van der Waals surface area contributed by atoms with E-state index in [2.05, 4.69) is 9.98 Å². The predicted molar refractivity (Wildman–Crippen MR) is 77.7 cm³/mol. The summed E-state index contributed by atoms with van der Waals surface area (Å²) in [6.07, 6.45) is -2.93. The number of nitrogens with zero attached hydrogens (tertiary/aromatic N) is 2. The first kappa shape index (κ1) is 15.2. The van der Waals surface area contributed by atoms with Crippen LogP contribution in [0.25, 0.3) is 11.1 Å². The Morgan fingerprint density at radius 3 is 2.57 bits per heavy atom. The number of carbonyl (C=O) groups is 1. The number of hydrogen-bond donors (Lipinski definition) is 1. The summed E-state index contributed by atoms with van der Waals surface area (Å²) in [5.41, 5.74) is 1.39. The highest BCUT2D eigenvalue weighted by atomic mass is 19.4. The lowest BCUT2D eigenvalue weighted by Gasteiger charge is -2.14. The lowest BCUT2D eigenvalue weighted by atomic mass is 9.93. The van der Waals surface area contributed by atoms with Crippen LogP contribution in [-0.2, 0) is 12.7 Å². The number of aryl methyl sites for hydroxylation is 1. The zero-order valence-corrected chi connectivity index (χ0v) is 12.0. The summed E-state index contributed by atoms with van der Waals surface area (Å²) in [5.74, 6) is -1.18. The number of carboxylic acid groups (broad SMARTS) is 1. The van der Waals surface area contributed by atoms with E-state index in [-0.39, 0.29) is 12.2 Å². The van der Waals surface area contributed by atoms with Gasteiger partial charge >= 0.3 is 12.1 Å². The zero-order valence-electron chi connectivity index (χ0n) is 12.0. The second-order valence-corrected chi connectivity index (χ2v) is 5.20. The quantitative estimate of drug-likeness (QED) is 0.917. The number of fused-ring (bicyclic) bond motifs is 1. The molecule has 1 aromatic carbocycles. The van der Waals surface area contributed by atoms with Gasteiger partial charge in [0.15, 0.2) is 0 Å². The van der Waals surface area contributed by atoms with Crippen LogP contribution >= 0.6 is 0 Å². The van der Waals surface area contributed by atoms with E-state index in [0.29, 0.717) is 27.9 Å². The average molecular weight is 320 g/mol. The highest BCUT2D eigenvalue weighted by Crippen LogP contribution is 2.37. The number of benzene rings is 1. The Bertz CT molecular complexity index is 842. The van der Waals surface area contributed by atoms with Crippen LogP contribution in [0.15, 0.2) is 29.3 Å². The molecule has 0 saturated carbocycles. The summed E-state index contributed by atoms with van der Waals surface area (Å²) < 4.78 is 39.3. The van der Waals surface area contributed by atoms with Gasteiger partial charge in [0.1, 0.15) is 5.69 Å². The Labute approximate surface area is 129 Å². The van der Waals surface area contributed by atoms with Gasteiger partial charge in [-0.15, -0.1) is 0 Å². The number of alkyl halides is 3. The van der Waals surface area contributed by atoms with Crippen LogP contribution in [0.5, 0.6) is 0 Å². The lowest BCUT2D eigenvalue weighted by molar-refractivity contribution is -0.137. The Balaban J connectivity index is 2.22. The van der Waals surface area contributed by atoms with Gasteiger partial charge in [-0.25, -0.2) is 9.78 Å². The van der Waals surface area contributed by atoms with Gasteiger partial charge in [0, 0.05) is 23.0 Å². The molecule has 1 aliphatic rings. The predicted octanol–water partition coefficient (Wildman–Crippen LogP) is 3.71. The van der Waals surface area contributed by atoms with Crippen molar-refractivity contribution in [2.75, 3.05) is 0 Å². The monoisotopic (exact) mass is 320 g/mol. The van der Waals surface area contributed by atoms with Gasteiger partial charge < -0.3 is 5.11 Å². The van der Waals surface area contributed by atoms with Crippen LogP contribution in [0.1, 0.15) is 32.9 Å². The molecule has 0 bridgehead atoms. The molecule has 0 spiro atoms. The number of rotatable bonds is 2. The topological polar surface area (TPSA) is 62.5 Å². The number of aromatic nitrogens is 1. The molecule has 4 nitrogen and oxygen atoms in total. The maximum absolute atomic E-state index is 13.1. The van der Waals surface area contributed by atoms with Crippen molar-refractivity contribution >= 4 is 12.2 Å². The minimum Gasteiger partial charge on any atom is -0.477 e. The maximum atomic E-state index is 13.1. The molecule has 1 aliphatic heterocycles. The third-order valence-electron chi connectivity index (χ3n) is 3.67. The van der Waals surface area contributed by atoms with Crippen molar-refractivity contribution in [1.29, 1.82) is 0 Å². The summed E-state index contributed by atoms with van der Waals surface area (Å²) >= 11 is 0. The zero-order chi connectivity index (χ0) is 16.8. The molecular weight excluding hydrogens is 309 g/mol. The van der Waals surface area contributed by atoms with Crippen molar-refractivity contribution in [3.63, 3.8) is 0 Å². The van der Waals surface area contributed by atoms with E-state index in [0.717, 1.165) is 12.1 Å². The van der Waals surface area contributed by atoms with E-state index in [9.17, 15) is 18.0 Å². The van der Waals surface area contributed by atoms with Crippen molar-refractivity contribution in [2.45, 2.75) is 19.6 Å². The maximum Gasteiger partial charge on any atom is 0.416 e. The van der Waals surface area contributed by atoms with Crippen molar-refractivity contribution in [3.05, 3.63) is 52.3 Å². The molecule has 0 aliphatic carbocycles. The lowest BCUT2D eigenvalue weighted by Crippen LogP contribution is -2.08. The molecule has 0 amide bonds. The summed E-state index contributed by atoms with van der Waals surface area (Å²) in [5, 5.41) is 8.94. The van der Waals surface area contributed by atoms with Crippen LogP contribution < -0.4 is 0 Å². The van der Waals surface area contributed by atoms with Gasteiger partial charge in [-0.2, -0.15) is 13.2 Å². The van der Waals surface area contributed by atoms with E-state index >= 15 is 0 Å². The van der Waals surface area contributed by atoms with Crippen LogP contribution in [0, 0.1) is 6.92 Å². The molecule has 0 saturated heterocycles. The first-order valence-electron chi connectivity index (χ1n) is 6.72. The summed E-state index contributed by atoms with van der Waals surface area (Å²) in [6.45, 7) is 1.77. The molecular formula is C16H11F3N2O2. The minimum atomic E-state index is -4.46. The van der Waals surface area contributed by atoms with Crippen LogP contribution in [-0.4, -0.2) is 22.3 Å². The molecule has 3 rings (SSSR count). The Morgan fingerprint density at radius 2 is 1.96 bits per heavy atom. The van der Waals surface area contributed by atoms with Gasteiger partial charge in [0.2, 0.25) is 0 Å². The van der Waals surface area contributed by atoms with Crippen LogP contribution in [0.3, 0.4) is 0 Å². The smallest absolute Gasteiger partial charge is 0.416 e. The largest absolute Gasteiger partial charge is 0.477 e. The fraction of sp³-hybridized carbons (Fsp3) is 0.188. The highest BCUT2D eigenvalue weighted by molar-refractivity contribution is 5.95. The van der Waals surface area contributed by atoms with Crippen LogP contribution in [0.4, 0.5) is 13.2 Å². The molecule has 118 valence electrons. The van der Waals surface area contributed by atoms with E-state index in [1.165, 1.54) is 18.3 Å². The summed E-state index contributed by atoms with van der Waals surface area (Å²) in [7, 11) is 0. The number of carboxylic acids is 1. The highest BCUT2D eigenvalue weighted by Gasteiger charge is 2.33. The van der Waals surface area contributed by atoms with E-state index in [4.69, 9.17) is 5.11 Å². The fourth-order valence-corrected chi connectivity index (χ4v) is 2.58. The first-order chi connectivity index (χ1) is 10.8. The fourth-order valence-electron chi connectivity index (χ4n) is 2.58. The molecule has 23 heavy (non-hydrogen) atoms. The van der Waals surface area contributed by atoms with Crippen molar-refractivity contribution in [3.8, 4) is 11.1 Å². The van der Waals surface area contributed by atoms with Gasteiger partial charge in [0.25, 0.3) is 0 Å². The second-order valence-electron chi connectivity index (χ2n) is 5.20. The molecule has 2 aromatic rings. The van der Waals surface area contributed by atoms with Gasteiger partial charge in [-0.1, -0.05) is 6.07 Å². The van der Waals surface area contributed by atoms with E-state index in [1.807, 2.05) is 0 Å². The first-order valence-corrected chi connectivity index (χ1v) is 6.72. The van der Waals surface area contributed by atoms with E-state index < -0.39 is 17.7 Å². The molecule has 0 atom stereocenters. The van der Waals surface area contributed by atoms with Crippen molar-refractivity contribution in [2.24, 2.45) is 4.99 Å². The Kier molecular flexibility index (Phi) is 3.43. The Hall–Kier alpha value is -2.70. The number of aliphatic imine (C=N–C) groups is 1. The minimum absolute atomic E-state index is 0.150. The summed E-state index contributed by atoms with van der Waals surface area (Å²) in [4.78, 5) is 18.9. The molecule has 0 fully saturated rings. The standard InChI is InChI=1S/C16H11F3N2O2/c1-8-11(2-3-14(21-8)15(22)23)12-5-10(16(17,18)19)4-9-6-20-7-13(9)12/h2-5,7H,6H2,1H3,(H,22,23). The second kappa shape index (κ2) is 5.19. The van der Waals surface area contributed by atoms with Crippen LogP contribution in [0.2, 0.25) is 0 Å². The number of hydrogen-bond acceptors (Lipinski definition) is 3. The molecule has 0 radical (unpaired) electrons. The molecule has 1 N–H and O–H groups in total. The normalized spacial score (nSPS) is 13.2. The van der Waals surface area contributed by atoms with Gasteiger partial charge in [-0.3, -0.25) is 4.99 Å². The van der Waals surface area contributed by atoms with Crippen molar-refractivity contribution in [1.82, 2.24) is 4.98 Å².